The molecule has 2 heterocycles. The molecule has 1 aliphatic carbocycles. The van der Waals surface area contributed by atoms with Crippen LogP contribution in [0.25, 0.3) is 0 Å². The van der Waals surface area contributed by atoms with Crippen LogP contribution >= 0.6 is 0 Å². The fraction of sp³-hybridized carbons (Fsp3) is 0.562. The van der Waals surface area contributed by atoms with E-state index in [2.05, 4.69) is 20.9 Å². The average Bonchev–Trinajstić information content (AvgIpc) is 3.24. The Morgan fingerprint density at radius 2 is 2.09 bits per heavy atom. The number of nitrogens with zero attached hydrogens (tertiary/aromatic N) is 1. The standard InChI is InChI=1S/C16H22N4O2/c21-15(6-1-11-7-8-17-9-11)19-13-4-5-14(18-10-13)20-16(22)12-2-3-12/h4-5,10-12,17H,1-3,6-9H2,(H,19,21)(H,18,20,22). The van der Waals surface area contributed by atoms with Gasteiger partial charge in [-0.3, -0.25) is 9.59 Å². The van der Waals surface area contributed by atoms with Crippen LogP contribution in [0.5, 0.6) is 0 Å². The maximum absolute atomic E-state index is 11.9. The SMILES string of the molecule is O=C(CCC1CCNC1)Nc1ccc(NC(=O)C2CC2)nc1. The second-order valence-electron chi connectivity index (χ2n) is 6.14. The topological polar surface area (TPSA) is 83.1 Å². The fourth-order valence-corrected chi connectivity index (χ4v) is 2.64. The first-order valence-electron chi connectivity index (χ1n) is 7.98. The number of pyridine rings is 1. The van der Waals surface area contributed by atoms with Crippen molar-refractivity contribution in [3.05, 3.63) is 18.3 Å². The zero-order valence-electron chi connectivity index (χ0n) is 12.6. The van der Waals surface area contributed by atoms with Gasteiger partial charge >= 0.3 is 0 Å². The van der Waals surface area contributed by atoms with Gasteiger partial charge in [-0.2, -0.15) is 0 Å². The second-order valence-corrected chi connectivity index (χ2v) is 6.14. The van der Waals surface area contributed by atoms with E-state index in [9.17, 15) is 9.59 Å². The van der Waals surface area contributed by atoms with E-state index in [1.807, 2.05) is 0 Å². The van der Waals surface area contributed by atoms with E-state index >= 15 is 0 Å². The van der Waals surface area contributed by atoms with Crippen molar-refractivity contribution in [2.75, 3.05) is 23.7 Å². The summed E-state index contributed by atoms with van der Waals surface area (Å²) in [5.41, 5.74) is 0.666. The maximum Gasteiger partial charge on any atom is 0.228 e. The van der Waals surface area contributed by atoms with Crippen molar-refractivity contribution >= 4 is 23.3 Å². The Morgan fingerprint density at radius 3 is 2.73 bits per heavy atom. The van der Waals surface area contributed by atoms with Crippen molar-refractivity contribution in [1.82, 2.24) is 10.3 Å². The zero-order chi connectivity index (χ0) is 15.4. The summed E-state index contributed by atoms with van der Waals surface area (Å²) in [5, 5.41) is 8.93. The summed E-state index contributed by atoms with van der Waals surface area (Å²) in [5.74, 6) is 1.36. The molecule has 6 heteroatoms. The van der Waals surface area contributed by atoms with E-state index in [4.69, 9.17) is 0 Å². The highest BCUT2D eigenvalue weighted by Gasteiger charge is 2.29. The first-order chi connectivity index (χ1) is 10.7. The van der Waals surface area contributed by atoms with E-state index < -0.39 is 0 Å². The van der Waals surface area contributed by atoms with E-state index in [0.717, 1.165) is 38.8 Å². The summed E-state index contributed by atoms with van der Waals surface area (Å²) >= 11 is 0. The van der Waals surface area contributed by atoms with Gasteiger partial charge in [-0.15, -0.1) is 0 Å². The van der Waals surface area contributed by atoms with Crippen LogP contribution in [0.3, 0.4) is 0 Å². The smallest absolute Gasteiger partial charge is 0.228 e. The van der Waals surface area contributed by atoms with Crippen LogP contribution < -0.4 is 16.0 Å². The Balaban J connectivity index is 1.43. The van der Waals surface area contributed by atoms with E-state index in [0.29, 0.717) is 23.8 Å². The zero-order valence-corrected chi connectivity index (χ0v) is 12.6. The van der Waals surface area contributed by atoms with Crippen LogP contribution in [0.1, 0.15) is 32.1 Å². The number of aromatic nitrogens is 1. The average molecular weight is 302 g/mol. The van der Waals surface area contributed by atoms with Gasteiger partial charge < -0.3 is 16.0 Å². The molecule has 1 aliphatic heterocycles. The van der Waals surface area contributed by atoms with Gasteiger partial charge in [-0.25, -0.2) is 4.98 Å². The number of hydrogen-bond donors (Lipinski definition) is 3. The molecule has 0 aromatic carbocycles. The number of hydrogen-bond acceptors (Lipinski definition) is 4. The quantitative estimate of drug-likeness (QED) is 0.747. The first kappa shape index (κ1) is 15.0. The maximum atomic E-state index is 11.9. The molecule has 1 unspecified atom stereocenters. The van der Waals surface area contributed by atoms with Crippen molar-refractivity contribution in [3.8, 4) is 0 Å². The lowest BCUT2D eigenvalue weighted by Gasteiger charge is -2.09. The molecule has 0 spiro atoms. The van der Waals surface area contributed by atoms with Gasteiger partial charge in [-0.1, -0.05) is 0 Å². The van der Waals surface area contributed by atoms with Crippen LogP contribution in [0.4, 0.5) is 11.5 Å². The van der Waals surface area contributed by atoms with Crippen LogP contribution in [0, 0.1) is 11.8 Å². The molecule has 2 aliphatic rings. The van der Waals surface area contributed by atoms with Crippen molar-refractivity contribution in [3.63, 3.8) is 0 Å². The number of anilines is 2. The predicted octanol–water partition coefficient (Wildman–Crippen LogP) is 1.76. The highest BCUT2D eigenvalue weighted by atomic mass is 16.2. The van der Waals surface area contributed by atoms with Gasteiger partial charge in [0.05, 0.1) is 11.9 Å². The molecule has 1 saturated heterocycles. The van der Waals surface area contributed by atoms with Gasteiger partial charge in [0.25, 0.3) is 0 Å². The van der Waals surface area contributed by atoms with E-state index in [1.165, 1.54) is 0 Å². The summed E-state index contributed by atoms with van der Waals surface area (Å²) in [4.78, 5) is 27.7. The second kappa shape index (κ2) is 6.87. The number of carbonyl (C=O) groups is 2. The Bertz CT molecular complexity index is 534. The highest BCUT2D eigenvalue weighted by molar-refractivity contribution is 5.94. The summed E-state index contributed by atoms with van der Waals surface area (Å²) < 4.78 is 0. The highest BCUT2D eigenvalue weighted by Crippen LogP contribution is 2.30. The third kappa shape index (κ3) is 4.27. The monoisotopic (exact) mass is 302 g/mol. The first-order valence-corrected chi connectivity index (χ1v) is 7.98. The van der Waals surface area contributed by atoms with Gasteiger partial charge in [0.15, 0.2) is 0 Å². The third-order valence-electron chi connectivity index (χ3n) is 4.19. The van der Waals surface area contributed by atoms with Crippen molar-refractivity contribution < 1.29 is 9.59 Å². The van der Waals surface area contributed by atoms with Gasteiger partial charge in [0, 0.05) is 12.3 Å². The molecule has 1 saturated carbocycles. The largest absolute Gasteiger partial charge is 0.325 e. The van der Waals surface area contributed by atoms with Crippen molar-refractivity contribution in [2.24, 2.45) is 11.8 Å². The van der Waals surface area contributed by atoms with Crippen LogP contribution in [-0.2, 0) is 9.59 Å². The normalized spacial score (nSPS) is 20.6. The molecule has 2 fully saturated rings. The molecule has 3 N–H and O–H groups in total. The van der Waals surface area contributed by atoms with Crippen LogP contribution in [0.15, 0.2) is 18.3 Å². The molecule has 1 aromatic rings. The third-order valence-corrected chi connectivity index (χ3v) is 4.19. The molecule has 6 nitrogen and oxygen atoms in total. The molecule has 0 bridgehead atoms. The molecule has 0 radical (unpaired) electrons. The Morgan fingerprint density at radius 1 is 1.23 bits per heavy atom. The van der Waals surface area contributed by atoms with E-state index in [-0.39, 0.29) is 17.7 Å². The minimum absolute atomic E-state index is 0.0171. The molecular formula is C16H22N4O2. The van der Waals surface area contributed by atoms with Crippen molar-refractivity contribution in [1.29, 1.82) is 0 Å². The molecule has 2 amide bonds. The minimum Gasteiger partial charge on any atom is -0.325 e. The van der Waals surface area contributed by atoms with Gasteiger partial charge in [0.1, 0.15) is 5.82 Å². The van der Waals surface area contributed by atoms with E-state index in [1.54, 1.807) is 18.3 Å². The van der Waals surface area contributed by atoms with Gasteiger partial charge in [-0.05, 0) is 56.8 Å². The molecule has 22 heavy (non-hydrogen) atoms. The summed E-state index contributed by atoms with van der Waals surface area (Å²) in [6, 6.07) is 3.49. The Kier molecular flexibility index (Phi) is 4.68. The Hall–Kier alpha value is -1.95. The van der Waals surface area contributed by atoms with Crippen LogP contribution in [-0.4, -0.2) is 29.9 Å². The molecule has 1 atom stereocenters. The summed E-state index contributed by atoms with van der Waals surface area (Å²) in [7, 11) is 0. The number of amides is 2. The lowest BCUT2D eigenvalue weighted by Crippen LogP contribution is -2.16. The fourth-order valence-electron chi connectivity index (χ4n) is 2.64. The molecular weight excluding hydrogens is 280 g/mol. The van der Waals surface area contributed by atoms with Crippen molar-refractivity contribution in [2.45, 2.75) is 32.1 Å². The number of carbonyl (C=O) groups excluding carboxylic acids is 2. The molecule has 118 valence electrons. The number of nitrogens with one attached hydrogen (secondary N) is 3. The molecule has 3 rings (SSSR count). The predicted molar refractivity (Wildman–Crippen MR) is 84.4 cm³/mol. The molecule has 1 aromatic heterocycles. The summed E-state index contributed by atoms with van der Waals surface area (Å²) in [6.45, 7) is 2.08. The Labute approximate surface area is 130 Å². The van der Waals surface area contributed by atoms with Crippen LogP contribution in [0.2, 0.25) is 0 Å². The number of rotatable bonds is 6. The minimum atomic E-state index is 0.0171. The lowest BCUT2D eigenvalue weighted by atomic mass is 10.0. The lowest BCUT2D eigenvalue weighted by molar-refractivity contribution is -0.117. The summed E-state index contributed by atoms with van der Waals surface area (Å²) in [6.07, 6.45) is 6.13. The van der Waals surface area contributed by atoms with Gasteiger partial charge in [0.2, 0.25) is 11.8 Å².